The minimum absolute atomic E-state index is 0.00565. The van der Waals surface area contributed by atoms with Crippen molar-refractivity contribution in [2.45, 2.75) is 360 Å². The maximum absolute atomic E-state index is 12.4. The average molecular weight is 1010 g/mol. The summed E-state index contributed by atoms with van der Waals surface area (Å²) in [5, 5.41) is 23.0. The summed E-state index contributed by atoms with van der Waals surface area (Å²) in [6.07, 6.45) is 77.9. The van der Waals surface area contributed by atoms with Crippen molar-refractivity contribution in [2.75, 3.05) is 13.2 Å². The highest BCUT2D eigenvalue weighted by Crippen LogP contribution is 2.18. The van der Waals surface area contributed by atoms with Gasteiger partial charge in [-0.1, -0.05) is 307 Å². The summed E-state index contributed by atoms with van der Waals surface area (Å²) in [6, 6.07) is -0.623. The largest absolute Gasteiger partial charge is 0.466 e. The van der Waals surface area contributed by atoms with Crippen molar-refractivity contribution in [3.05, 3.63) is 36.5 Å². The van der Waals surface area contributed by atoms with Gasteiger partial charge in [-0.05, 0) is 64.2 Å². The fraction of sp³-hybridized carbons (Fsp3) is 0.879. The number of esters is 1. The number of rotatable bonds is 60. The molecule has 0 bridgehead atoms. The number of hydrogen-bond acceptors (Lipinski definition) is 5. The van der Waals surface area contributed by atoms with E-state index >= 15 is 0 Å². The van der Waals surface area contributed by atoms with Crippen LogP contribution < -0.4 is 5.32 Å². The second kappa shape index (κ2) is 61.6. The molecule has 0 heterocycles. The third-order valence-corrected chi connectivity index (χ3v) is 14.9. The molecule has 0 fully saturated rings. The van der Waals surface area contributed by atoms with Crippen LogP contribution >= 0.6 is 0 Å². The van der Waals surface area contributed by atoms with Crippen LogP contribution in [0.3, 0.4) is 0 Å². The summed E-state index contributed by atoms with van der Waals surface area (Å²) in [5.74, 6) is -0.0596. The lowest BCUT2D eigenvalue weighted by molar-refractivity contribution is -0.143. The molecule has 0 rings (SSSR count). The van der Waals surface area contributed by atoms with Crippen molar-refractivity contribution in [1.29, 1.82) is 0 Å². The molecule has 424 valence electrons. The Morgan fingerprint density at radius 1 is 0.389 bits per heavy atom. The van der Waals surface area contributed by atoms with E-state index < -0.39 is 12.1 Å². The van der Waals surface area contributed by atoms with Crippen LogP contribution in [0.15, 0.2) is 36.5 Å². The van der Waals surface area contributed by atoms with Gasteiger partial charge in [0.1, 0.15) is 0 Å². The monoisotopic (exact) mass is 1010 g/mol. The summed E-state index contributed by atoms with van der Waals surface area (Å²) < 4.78 is 5.48. The van der Waals surface area contributed by atoms with Gasteiger partial charge in [0.05, 0.1) is 25.4 Å². The van der Waals surface area contributed by atoms with Gasteiger partial charge in [0.2, 0.25) is 5.91 Å². The summed E-state index contributed by atoms with van der Waals surface area (Å²) in [4.78, 5) is 24.5. The van der Waals surface area contributed by atoms with E-state index in [-0.39, 0.29) is 18.5 Å². The first-order valence-corrected chi connectivity index (χ1v) is 32.3. The summed E-state index contributed by atoms with van der Waals surface area (Å²) in [5.41, 5.74) is 0. The molecule has 0 aromatic rings. The molecule has 1 amide bonds. The number of amides is 1. The number of carbonyl (C=O) groups excluding carboxylic acids is 2. The Kier molecular flexibility index (Phi) is 60.0. The molecule has 0 saturated carbocycles. The quantitative estimate of drug-likeness (QED) is 0.0320. The van der Waals surface area contributed by atoms with E-state index in [1.165, 1.54) is 270 Å². The van der Waals surface area contributed by atoms with E-state index in [0.717, 1.165) is 51.4 Å². The van der Waals surface area contributed by atoms with Gasteiger partial charge in [-0.15, -0.1) is 0 Å². The topological polar surface area (TPSA) is 95.9 Å². The SMILES string of the molecule is CCCCC/C=C\C/C=C\CCCCCCCC(=O)OCCCCCCCCCCCCCCCCCCCCCCCCCCCCCCCCC(=O)NC(CO)C(O)/C=C/CCCCCCCCCC. The van der Waals surface area contributed by atoms with Gasteiger partial charge in [0, 0.05) is 12.8 Å². The smallest absolute Gasteiger partial charge is 0.305 e. The van der Waals surface area contributed by atoms with E-state index in [2.05, 4.69) is 43.5 Å². The maximum atomic E-state index is 12.4. The molecular weight excluding hydrogens is 887 g/mol. The molecule has 2 atom stereocenters. The van der Waals surface area contributed by atoms with Crippen molar-refractivity contribution in [3.63, 3.8) is 0 Å². The predicted octanol–water partition coefficient (Wildman–Crippen LogP) is 20.4. The van der Waals surface area contributed by atoms with E-state index in [4.69, 9.17) is 4.74 Å². The van der Waals surface area contributed by atoms with Gasteiger partial charge in [0.25, 0.3) is 0 Å². The van der Waals surface area contributed by atoms with Gasteiger partial charge in [-0.2, -0.15) is 0 Å². The number of ether oxygens (including phenoxy) is 1. The minimum Gasteiger partial charge on any atom is -0.466 e. The molecule has 2 unspecified atom stereocenters. The number of aliphatic hydroxyl groups is 2. The Balaban J connectivity index is 3.32. The molecule has 0 aliphatic carbocycles. The summed E-state index contributed by atoms with van der Waals surface area (Å²) in [7, 11) is 0. The Morgan fingerprint density at radius 2 is 0.694 bits per heavy atom. The molecular formula is C66H125NO5. The van der Waals surface area contributed by atoms with Gasteiger partial charge >= 0.3 is 5.97 Å². The lowest BCUT2D eigenvalue weighted by Crippen LogP contribution is -2.45. The molecule has 0 aromatic carbocycles. The fourth-order valence-electron chi connectivity index (χ4n) is 9.96. The lowest BCUT2D eigenvalue weighted by atomic mass is 10.0. The second-order valence-electron chi connectivity index (χ2n) is 22.1. The van der Waals surface area contributed by atoms with E-state index in [0.29, 0.717) is 19.4 Å². The number of nitrogens with one attached hydrogen (secondary N) is 1. The van der Waals surface area contributed by atoms with Gasteiger partial charge < -0.3 is 20.3 Å². The highest BCUT2D eigenvalue weighted by Gasteiger charge is 2.18. The zero-order valence-electron chi connectivity index (χ0n) is 48.4. The van der Waals surface area contributed by atoms with Crippen LogP contribution in [0.4, 0.5) is 0 Å². The Morgan fingerprint density at radius 3 is 1.08 bits per heavy atom. The average Bonchev–Trinajstić information content (AvgIpc) is 3.38. The van der Waals surface area contributed by atoms with Crippen molar-refractivity contribution in [2.24, 2.45) is 0 Å². The van der Waals surface area contributed by atoms with Crippen LogP contribution in [0.2, 0.25) is 0 Å². The molecule has 6 heteroatoms. The second-order valence-corrected chi connectivity index (χ2v) is 22.1. The molecule has 0 aromatic heterocycles. The molecule has 0 saturated heterocycles. The van der Waals surface area contributed by atoms with E-state index in [1.54, 1.807) is 6.08 Å². The normalized spacial score (nSPS) is 12.8. The van der Waals surface area contributed by atoms with Gasteiger partial charge in [-0.3, -0.25) is 9.59 Å². The van der Waals surface area contributed by atoms with Gasteiger partial charge in [-0.25, -0.2) is 0 Å². The van der Waals surface area contributed by atoms with Crippen LogP contribution in [0.5, 0.6) is 0 Å². The summed E-state index contributed by atoms with van der Waals surface area (Å²) in [6.45, 7) is 4.87. The zero-order valence-corrected chi connectivity index (χ0v) is 48.4. The minimum atomic E-state index is -0.840. The lowest BCUT2D eigenvalue weighted by Gasteiger charge is -2.20. The predicted molar refractivity (Wildman–Crippen MR) is 315 cm³/mol. The maximum Gasteiger partial charge on any atom is 0.305 e. The van der Waals surface area contributed by atoms with E-state index in [1.807, 2.05) is 6.08 Å². The molecule has 0 aliphatic rings. The summed E-state index contributed by atoms with van der Waals surface area (Å²) >= 11 is 0. The number of carbonyl (C=O) groups is 2. The van der Waals surface area contributed by atoms with Crippen LogP contribution in [-0.4, -0.2) is 47.4 Å². The van der Waals surface area contributed by atoms with Crippen molar-refractivity contribution < 1.29 is 24.5 Å². The number of aliphatic hydroxyl groups excluding tert-OH is 2. The van der Waals surface area contributed by atoms with Crippen LogP contribution in [0, 0.1) is 0 Å². The molecule has 72 heavy (non-hydrogen) atoms. The third-order valence-electron chi connectivity index (χ3n) is 14.9. The van der Waals surface area contributed by atoms with E-state index in [9.17, 15) is 19.8 Å². The number of allylic oxidation sites excluding steroid dienone is 5. The molecule has 6 nitrogen and oxygen atoms in total. The Labute approximate surface area is 449 Å². The number of unbranched alkanes of at least 4 members (excludes halogenated alkanes) is 45. The first kappa shape index (κ1) is 70.1. The highest BCUT2D eigenvalue weighted by atomic mass is 16.5. The Bertz CT molecular complexity index is 1170. The van der Waals surface area contributed by atoms with Crippen LogP contribution in [0.25, 0.3) is 0 Å². The molecule has 0 aliphatic heterocycles. The first-order valence-electron chi connectivity index (χ1n) is 32.3. The first-order chi connectivity index (χ1) is 35.5. The standard InChI is InChI=1S/C66H125NO5/c1-3-5-7-9-11-13-15-16-33-37-40-44-48-52-56-60-66(71)72-61-57-53-49-45-41-38-35-32-30-28-26-24-22-20-18-17-19-21-23-25-27-29-31-34-36-39-43-47-51-55-59-65(70)67-63(62-68)64(69)58-54-50-46-42-14-12-10-8-6-4-2/h11,13,16,33,54,58,63-64,68-69H,3-10,12,14-15,17-32,34-53,55-57,59-62H2,1-2H3,(H,67,70)/b13-11-,33-16-,58-54+. The fourth-order valence-corrected chi connectivity index (χ4v) is 9.96. The van der Waals surface area contributed by atoms with Crippen molar-refractivity contribution in [3.8, 4) is 0 Å². The molecule has 3 N–H and O–H groups in total. The highest BCUT2D eigenvalue weighted by molar-refractivity contribution is 5.76. The van der Waals surface area contributed by atoms with Crippen molar-refractivity contribution in [1.82, 2.24) is 5.32 Å². The number of hydrogen-bond donors (Lipinski definition) is 3. The van der Waals surface area contributed by atoms with Crippen molar-refractivity contribution >= 4 is 11.9 Å². The van der Waals surface area contributed by atoms with Gasteiger partial charge in [0.15, 0.2) is 0 Å². The molecule has 0 radical (unpaired) electrons. The molecule has 0 spiro atoms. The zero-order chi connectivity index (χ0) is 52.2. The van der Waals surface area contributed by atoms with Crippen LogP contribution in [-0.2, 0) is 14.3 Å². The van der Waals surface area contributed by atoms with Crippen LogP contribution in [0.1, 0.15) is 348 Å². The third kappa shape index (κ3) is 57.4. The Hall–Kier alpha value is -1.92.